The van der Waals surface area contributed by atoms with Crippen molar-refractivity contribution in [3.8, 4) is 0 Å². The second kappa shape index (κ2) is 6.29. The normalized spacial score (nSPS) is 41.9. The minimum Gasteiger partial charge on any atom is -0.465 e. The minimum absolute atomic E-state index is 0.0168. The van der Waals surface area contributed by atoms with Gasteiger partial charge in [0.25, 0.3) is 0 Å². The molecule has 3 rings (SSSR count). The summed E-state index contributed by atoms with van der Waals surface area (Å²) in [6.45, 7) is 6.31. The predicted molar refractivity (Wildman–Crippen MR) is 91.4 cm³/mol. The highest BCUT2D eigenvalue weighted by atomic mass is 16.5. The lowest BCUT2D eigenvalue weighted by Gasteiger charge is -2.56. The average Bonchev–Trinajstić information content (AvgIpc) is 2.55. The van der Waals surface area contributed by atoms with Crippen LogP contribution in [0.2, 0.25) is 0 Å². The summed E-state index contributed by atoms with van der Waals surface area (Å²) in [4.78, 5) is 24.1. The van der Waals surface area contributed by atoms with Crippen LogP contribution in [0.25, 0.3) is 0 Å². The van der Waals surface area contributed by atoms with E-state index in [-0.39, 0.29) is 34.6 Å². The zero-order valence-electron chi connectivity index (χ0n) is 15.4. The average molecular weight is 334 g/mol. The number of fused-ring (bicyclic) bond motifs is 3. The van der Waals surface area contributed by atoms with Crippen molar-refractivity contribution in [2.24, 2.45) is 22.7 Å². The fourth-order valence-corrected chi connectivity index (χ4v) is 5.58. The van der Waals surface area contributed by atoms with Gasteiger partial charge in [0.1, 0.15) is 6.61 Å². The number of ketones is 1. The maximum absolute atomic E-state index is 12.8. The van der Waals surface area contributed by atoms with E-state index in [0.717, 1.165) is 38.5 Å². The summed E-state index contributed by atoms with van der Waals surface area (Å²) < 4.78 is 11.0. The number of hydrogen-bond acceptors (Lipinski definition) is 4. The van der Waals surface area contributed by atoms with Gasteiger partial charge in [0.05, 0.1) is 6.10 Å². The molecule has 0 aliphatic heterocycles. The first-order valence-electron chi connectivity index (χ1n) is 9.23. The maximum Gasteiger partial charge on any atom is 0.302 e. The number of methoxy groups -OCH3 is 1. The van der Waals surface area contributed by atoms with Gasteiger partial charge < -0.3 is 9.47 Å². The first-order chi connectivity index (χ1) is 11.3. The maximum atomic E-state index is 12.8. The van der Waals surface area contributed by atoms with Crippen molar-refractivity contribution in [1.29, 1.82) is 0 Å². The van der Waals surface area contributed by atoms with E-state index in [0.29, 0.717) is 12.5 Å². The number of ether oxygens (including phenoxy) is 2. The van der Waals surface area contributed by atoms with Crippen molar-refractivity contribution in [2.75, 3.05) is 13.7 Å². The van der Waals surface area contributed by atoms with Crippen LogP contribution in [0.3, 0.4) is 0 Å². The first-order valence-corrected chi connectivity index (χ1v) is 9.23. The van der Waals surface area contributed by atoms with Crippen molar-refractivity contribution in [3.63, 3.8) is 0 Å². The quantitative estimate of drug-likeness (QED) is 0.739. The molecule has 0 amide bonds. The van der Waals surface area contributed by atoms with E-state index in [1.165, 1.54) is 12.5 Å². The number of carbonyl (C=O) groups excluding carboxylic acids is 2. The highest BCUT2D eigenvalue weighted by Crippen LogP contribution is 2.60. The summed E-state index contributed by atoms with van der Waals surface area (Å²) in [6.07, 6.45) is 8.24. The molecule has 4 unspecified atom stereocenters. The molecule has 0 saturated heterocycles. The summed E-state index contributed by atoms with van der Waals surface area (Å²) >= 11 is 0. The molecule has 4 nitrogen and oxygen atoms in total. The van der Waals surface area contributed by atoms with Crippen LogP contribution < -0.4 is 0 Å². The van der Waals surface area contributed by atoms with E-state index in [4.69, 9.17) is 9.47 Å². The highest BCUT2D eigenvalue weighted by Gasteiger charge is 2.55. The standard InChI is InChI=1S/C20H30O4/c1-13(21)24-12-19(2)8-5-9-20(3)16-10-14(23-4)6-7-15(16)17(22)11-18(19)20/h11,14-16H,5-10,12H2,1-4H3/t14?,15?,16?,19-,20?/m1/s1. The molecule has 0 aromatic heterocycles. The Kier molecular flexibility index (Phi) is 4.63. The van der Waals surface area contributed by atoms with E-state index < -0.39 is 0 Å². The molecule has 2 fully saturated rings. The summed E-state index contributed by atoms with van der Waals surface area (Å²) in [6, 6.07) is 0. The SMILES string of the molecule is COC1CCC2C(=O)C=C3C(C)(CCC[C@]3(C)COC(C)=O)C2C1. The molecule has 0 radical (unpaired) electrons. The van der Waals surface area contributed by atoms with Crippen LogP contribution >= 0.6 is 0 Å². The van der Waals surface area contributed by atoms with Gasteiger partial charge in [0.2, 0.25) is 0 Å². The molecule has 2 saturated carbocycles. The van der Waals surface area contributed by atoms with Gasteiger partial charge in [-0.3, -0.25) is 9.59 Å². The van der Waals surface area contributed by atoms with Crippen LogP contribution in [0.15, 0.2) is 11.6 Å². The molecular formula is C20H30O4. The lowest BCUT2D eigenvalue weighted by molar-refractivity contribution is -0.145. The molecule has 0 bridgehead atoms. The Morgan fingerprint density at radius 1 is 1.29 bits per heavy atom. The van der Waals surface area contributed by atoms with Crippen molar-refractivity contribution in [3.05, 3.63) is 11.6 Å². The van der Waals surface area contributed by atoms with E-state index in [1.807, 2.05) is 6.08 Å². The fourth-order valence-electron chi connectivity index (χ4n) is 5.58. The third-order valence-corrected chi connectivity index (χ3v) is 6.89. The van der Waals surface area contributed by atoms with Crippen molar-refractivity contribution < 1.29 is 19.1 Å². The monoisotopic (exact) mass is 334 g/mol. The minimum atomic E-state index is -0.249. The molecule has 134 valence electrons. The largest absolute Gasteiger partial charge is 0.465 e. The second-order valence-electron chi connectivity index (χ2n) is 8.46. The van der Waals surface area contributed by atoms with Crippen molar-refractivity contribution in [1.82, 2.24) is 0 Å². The molecule has 4 heteroatoms. The van der Waals surface area contributed by atoms with Gasteiger partial charge in [-0.25, -0.2) is 0 Å². The van der Waals surface area contributed by atoms with E-state index in [9.17, 15) is 9.59 Å². The first kappa shape index (κ1) is 17.7. The van der Waals surface area contributed by atoms with E-state index >= 15 is 0 Å². The highest BCUT2D eigenvalue weighted by molar-refractivity contribution is 5.94. The summed E-state index contributed by atoms with van der Waals surface area (Å²) in [5.74, 6) is 0.515. The third kappa shape index (κ3) is 2.83. The van der Waals surface area contributed by atoms with Gasteiger partial charge in [0.15, 0.2) is 5.78 Å². The van der Waals surface area contributed by atoms with Crippen LogP contribution in [0.5, 0.6) is 0 Å². The fraction of sp³-hybridized carbons (Fsp3) is 0.800. The van der Waals surface area contributed by atoms with Gasteiger partial charge in [-0.2, -0.15) is 0 Å². The van der Waals surface area contributed by atoms with Crippen LogP contribution in [-0.2, 0) is 19.1 Å². The Bertz CT molecular complexity index is 566. The number of allylic oxidation sites excluding steroid dienone is 1. The zero-order valence-corrected chi connectivity index (χ0v) is 15.4. The van der Waals surface area contributed by atoms with Crippen LogP contribution in [0, 0.1) is 22.7 Å². The molecule has 0 N–H and O–H groups in total. The van der Waals surface area contributed by atoms with Gasteiger partial charge >= 0.3 is 5.97 Å². The Balaban J connectivity index is 1.96. The van der Waals surface area contributed by atoms with Crippen molar-refractivity contribution >= 4 is 11.8 Å². The summed E-state index contributed by atoms with van der Waals surface area (Å²) in [5.41, 5.74) is 1.01. The lowest BCUT2D eigenvalue weighted by atomic mass is 9.48. The number of carbonyl (C=O) groups is 2. The Morgan fingerprint density at radius 2 is 2.04 bits per heavy atom. The molecular weight excluding hydrogens is 304 g/mol. The van der Waals surface area contributed by atoms with Gasteiger partial charge in [-0.1, -0.05) is 25.8 Å². The Morgan fingerprint density at radius 3 is 2.71 bits per heavy atom. The molecule has 5 atom stereocenters. The van der Waals surface area contributed by atoms with Gasteiger partial charge in [0, 0.05) is 25.4 Å². The lowest BCUT2D eigenvalue weighted by Crippen LogP contribution is -2.52. The van der Waals surface area contributed by atoms with Crippen LogP contribution in [0.1, 0.15) is 59.3 Å². The summed E-state index contributed by atoms with van der Waals surface area (Å²) in [5, 5.41) is 0. The van der Waals surface area contributed by atoms with Gasteiger partial charge in [-0.05, 0) is 49.5 Å². The van der Waals surface area contributed by atoms with E-state index in [2.05, 4.69) is 13.8 Å². The molecule has 0 aromatic rings. The molecule has 0 heterocycles. The summed E-state index contributed by atoms with van der Waals surface area (Å²) in [7, 11) is 1.78. The smallest absolute Gasteiger partial charge is 0.302 e. The molecule has 24 heavy (non-hydrogen) atoms. The number of esters is 1. The molecule has 0 spiro atoms. The predicted octanol–water partition coefficient (Wildman–Crippen LogP) is 3.69. The topological polar surface area (TPSA) is 52.6 Å². The molecule has 0 aromatic carbocycles. The van der Waals surface area contributed by atoms with E-state index in [1.54, 1.807) is 7.11 Å². The Labute approximate surface area is 145 Å². The third-order valence-electron chi connectivity index (χ3n) is 6.89. The van der Waals surface area contributed by atoms with Gasteiger partial charge in [-0.15, -0.1) is 0 Å². The molecule has 3 aliphatic carbocycles. The zero-order chi connectivity index (χ0) is 17.5. The van der Waals surface area contributed by atoms with Crippen LogP contribution in [0.4, 0.5) is 0 Å². The number of hydrogen-bond donors (Lipinski definition) is 0. The van der Waals surface area contributed by atoms with Crippen LogP contribution in [-0.4, -0.2) is 31.6 Å². The molecule has 3 aliphatic rings. The Hall–Kier alpha value is -1.16. The second-order valence-corrected chi connectivity index (χ2v) is 8.46. The number of rotatable bonds is 3. The van der Waals surface area contributed by atoms with Crippen molar-refractivity contribution in [2.45, 2.75) is 65.4 Å².